The summed E-state index contributed by atoms with van der Waals surface area (Å²) in [6.07, 6.45) is -13.9. The number of ether oxygens (including phenoxy) is 6. The van der Waals surface area contributed by atoms with Crippen LogP contribution in [0.1, 0.15) is 46.5 Å². The Morgan fingerprint density at radius 3 is 2.07 bits per heavy atom. The second kappa shape index (κ2) is 11.6. The van der Waals surface area contributed by atoms with E-state index in [1.54, 1.807) is 6.92 Å². The van der Waals surface area contributed by atoms with Gasteiger partial charge < -0.3 is 64.2 Å². The van der Waals surface area contributed by atoms with Gasteiger partial charge in [0.15, 0.2) is 30.8 Å². The minimum atomic E-state index is -1.76. The van der Waals surface area contributed by atoms with Gasteiger partial charge in [-0.1, -0.05) is 13.8 Å². The lowest BCUT2D eigenvalue weighted by atomic mass is 9.58. The zero-order valence-corrected chi connectivity index (χ0v) is 23.9. The van der Waals surface area contributed by atoms with Crippen molar-refractivity contribution in [1.82, 2.24) is 0 Å². The van der Waals surface area contributed by atoms with Gasteiger partial charge >= 0.3 is 0 Å². The highest BCUT2D eigenvalue weighted by atomic mass is 17.3. The van der Waals surface area contributed by atoms with Crippen molar-refractivity contribution in [3.63, 3.8) is 0 Å². The molecular weight excluding hydrogens is 564 g/mol. The van der Waals surface area contributed by atoms with Crippen LogP contribution in [0.25, 0.3) is 0 Å². The van der Waals surface area contributed by atoms with E-state index in [4.69, 9.17) is 38.2 Å². The lowest BCUT2D eigenvalue weighted by Gasteiger charge is -2.60. The molecule has 0 aromatic carbocycles. The Labute approximate surface area is 243 Å². The third kappa shape index (κ3) is 4.94. The number of hydrogen-bond donors (Lipinski definition) is 7. The molecule has 2 bridgehead atoms. The first kappa shape index (κ1) is 31.4. The summed E-state index contributed by atoms with van der Waals surface area (Å²) in [4.78, 5) is 12.0. The van der Waals surface area contributed by atoms with Gasteiger partial charge in [0.1, 0.15) is 48.8 Å². The molecule has 242 valence electrons. The maximum absolute atomic E-state index is 11.0. The molecule has 18 atom stereocenters. The monoisotopic (exact) mass is 608 g/mol. The van der Waals surface area contributed by atoms with Gasteiger partial charge in [0, 0.05) is 18.3 Å². The van der Waals surface area contributed by atoms with E-state index in [9.17, 15) is 35.7 Å². The Morgan fingerprint density at radius 2 is 1.36 bits per heavy atom. The SMILES string of the molecule is C[C@H]1[C@@H](O[C@@H]2O[C@H](CO)[C@@H](O[C@@H]3O[C@H](CO)[C@@H](O)[C@H](O)[C@H]3O)[C@H](O)[C@H]2O)O[C@@H]2O[C@]3(C)CC[C@H]4[C@H](C)CC[C@@H]1[C@@]24OO3. The molecule has 0 radical (unpaired) electrons. The van der Waals surface area contributed by atoms with E-state index in [1.807, 2.05) is 6.92 Å². The summed E-state index contributed by atoms with van der Waals surface area (Å²) in [5, 5.41) is 72.1. The zero-order valence-electron chi connectivity index (χ0n) is 23.9. The summed E-state index contributed by atoms with van der Waals surface area (Å²) in [6.45, 7) is 4.61. The van der Waals surface area contributed by atoms with Gasteiger partial charge in [0.05, 0.1) is 13.2 Å². The number of aliphatic hydroxyl groups excluding tert-OH is 7. The zero-order chi connectivity index (χ0) is 30.1. The fourth-order valence-corrected chi connectivity index (χ4v) is 7.83. The second-order valence-electron chi connectivity index (χ2n) is 12.9. The predicted molar refractivity (Wildman–Crippen MR) is 134 cm³/mol. The standard InChI is InChI=1S/C27H44O15/c1-10-4-5-13-11(2)22(39-25-27(13)12(10)6-7-26(3,40-25)41-42-27)38-24-20(34)18(32)21(15(9-29)36-24)37-23-19(33)17(31)16(30)14(8-28)35-23/h10-25,28-34H,4-9H2,1-3H3/t10-,11-,12+,13+,14-,15-,16-,17+,18-,19-,20-,21-,22+,23+,24+,25-,26+,27-/m1/s1. The molecule has 0 amide bonds. The largest absolute Gasteiger partial charge is 0.394 e. The van der Waals surface area contributed by atoms with Crippen molar-refractivity contribution < 1.29 is 73.9 Å². The highest BCUT2D eigenvalue weighted by Crippen LogP contribution is 2.60. The Morgan fingerprint density at radius 1 is 0.690 bits per heavy atom. The Bertz CT molecular complexity index is 954. The lowest BCUT2D eigenvalue weighted by Crippen LogP contribution is -2.71. The van der Waals surface area contributed by atoms with Crippen LogP contribution in [0.3, 0.4) is 0 Å². The average molecular weight is 609 g/mol. The maximum atomic E-state index is 11.0. The topological polar surface area (TPSA) is 215 Å². The Kier molecular flexibility index (Phi) is 8.70. The van der Waals surface area contributed by atoms with Crippen molar-refractivity contribution in [3.05, 3.63) is 0 Å². The van der Waals surface area contributed by atoms with Crippen LogP contribution in [0.15, 0.2) is 0 Å². The van der Waals surface area contributed by atoms with E-state index in [-0.39, 0.29) is 17.8 Å². The van der Waals surface area contributed by atoms with Gasteiger partial charge in [-0.15, -0.1) is 0 Å². The number of fused-ring (bicyclic) bond motifs is 2. The summed E-state index contributed by atoms with van der Waals surface area (Å²) in [6, 6.07) is 0. The first-order chi connectivity index (χ1) is 19.9. The Balaban J connectivity index is 1.17. The van der Waals surface area contributed by atoms with E-state index in [1.165, 1.54) is 0 Å². The summed E-state index contributed by atoms with van der Waals surface area (Å²) in [5.41, 5.74) is -0.823. The third-order valence-electron chi connectivity index (χ3n) is 10.3. The molecule has 0 aromatic heterocycles. The van der Waals surface area contributed by atoms with Gasteiger partial charge in [0.25, 0.3) is 0 Å². The van der Waals surface area contributed by atoms with Crippen LogP contribution in [-0.2, 0) is 38.2 Å². The van der Waals surface area contributed by atoms with Crippen LogP contribution in [0, 0.1) is 23.7 Å². The van der Waals surface area contributed by atoms with Gasteiger partial charge in [-0.3, -0.25) is 0 Å². The predicted octanol–water partition coefficient (Wildman–Crippen LogP) is -2.16. The molecule has 15 heteroatoms. The van der Waals surface area contributed by atoms with Crippen LogP contribution >= 0.6 is 0 Å². The molecule has 7 N–H and O–H groups in total. The molecule has 0 unspecified atom stereocenters. The van der Waals surface area contributed by atoms with E-state index < -0.39 is 98.6 Å². The van der Waals surface area contributed by atoms with Gasteiger partial charge in [-0.25, -0.2) is 9.78 Å². The minimum Gasteiger partial charge on any atom is -0.394 e. The fraction of sp³-hybridized carbons (Fsp3) is 1.00. The second-order valence-corrected chi connectivity index (χ2v) is 12.9. The van der Waals surface area contributed by atoms with Crippen LogP contribution in [0.5, 0.6) is 0 Å². The molecule has 1 aliphatic carbocycles. The summed E-state index contributed by atoms with van der Waals surface area (Å²) < 4.78 is 35.7. The van der Waals surface area contributed by atoms with E-state index in [0.717, 1.165) is 19.3 Å². The highest BCUT2D eigenvalue weighted by molar-refractivity contribution is 5.09. The van der Waals surface area contributed by atoms with E-state index in [0.29, 0.717) is 12.3 Å². The average Bonchev–Trinajstić information content (AvgIpc) is 3.20. The summed E-state index contributed by atoms with van der Waals surface area (Å²) in [7, 11) is 0. The molecule has 7 aliphatic rings. The number of rotatable bonds is 6. The van der Waals surface area contributed by atoms with Gasteiger partial charge in [-0.05, 0) is 38.0 Å². The molecule has 0 aromatic rings. The smallest absolute Gasteiger partial charge is 0.201 e. The fourth-order valence-electron chi connectivity index (χ4n) is 7.83. The maximum Gasteiger partial charge on any atom is 0.201 e. The lowest BCUT2D eigenvalue weighted by molar-refractivity contribution is -0.579. The molecule has 6 heterocycles. The normalized spacial score (nSPS) is 57.9. The summed E-state index contributed by atoms with van der Waals surface area (Å²) >= 11 is 0. The van der Waals surface area contributed by atoms with Crippen molar-refractivity contribution in [2.24, 2.45) is 23.7 Å². The van der Waals surface area contributed by atoms with Crippen LogP contribution in [0.2, 0.25) is 0 Å². The van der Waals surface area contributed by atoms with Gasteiger partial charge in [0.2, 0.25) is 5.79 Å². The molecular formula is C27H44O15. The molecule has 7 fully saturated rings. The molecule has 6 aliphatic heterocycles. The van der Waals surface area contributed by atoms with Crippen molar-refractivity contribution in [2.45, 2.75) is 132 Å². The molecule has 1 saturated carbocycles. The Hall–Kier alpha value is -0.600. The highest BCUT2D eigenvalue weighted by Gasteiger charge is 2.70. The number of hydrogen-bond acceptors (Lipinski definition) is 15. The summed E-state index contributed by atoms with van der Waals surface area (Å²) in [5.74, 6) is -0.793. The number of aliphatic hydroxyl groups is 7. The van der Waals surface area contributed by atoms with Crippen LogP contribution in [-0.4, -0.2) is 134 Å². The van der Waals surface area contributed by atoms with Gasteiger partial charge in [-0.2, -0.15) is 0 Å². The van der Waals surface area contributed by atoms with Crippen molar-refractivity contribution in [3.8, 4) is 0 Å². The van der Waals surface area contributed by atoms with Crippen molar-refractivity contribution >= 4 is 0 Å². The van der Waals surface area contributed by atoms with E-state index in [2.05, 4.69) is 6.92 Å². The molecule has 6 saturated heterocycles. The minimum absolute atomic E-state index is 0.0633. The van der Waals surface area contributed by atoms with Crippen LogP contribution < -0.4 is 0 Å². The molecule has 42 heavy (non-hydrogen) atoms. The molecule has 1 spiro atoms. The first-order valence-corrected chi connectivity index (χ1v) is 14.9. The van der Waals surface area contributed by atoms with Crippen molar-refractivity contribution in [1.29, 1.82) is 0 Å². The quantitative estimate of drug-likeness (QED) is 0.160. The van der Waals surface area contributed by atoms with Crippen LogP contribution in [0.4, 0.5) is 0 Å². The molecule has 15 nitrogen and oxygen atoms in total. The van der Waals surface area contributed by atoms with E-state index >= 15 is 0 Å². The molecule has 7 rings (SSSR count). The first-order valence-electron chi connectivity index (χ1n) is 14.9. The third-order valence-corrected chi connectivity index (χ3v) is 10.3. The van der Waals surface area contributed by atoms with Crippen molar-refractivity contribution in [2.75, 3.05) is 13.2 Å².